The van der Waals surface area contributed by atoms with E-state index in [1.807, 2.05) is 27.8 Å². The maximum Gasteiger partial charge on any atom is 0.131 e. The topological polar surface area (TPSA) is 50.1 Å². The highest BCUT2D eigenvalue weighted by atomic mass is 35.5. The fourth-order valence-corrected chi connectivity index (χ4v) is 2.04. The molecule has 1 heterocycles. The van der Waals surface area contributed by atoms with E-state index in [0.29, 0.717) is 24.2 Å². The van der Waals surface area contributed by atoms with Crippen molar-refractivity contribution in [1.82, 2.24) is 15.1 Å². The van der Waals surface area contributed by atoms with E-state index in [9.17, 15) is 5.11 Å². The molecule has 110 valence electrons. The van der Waals surface area contributed by atoms with Crippen LogP contribution >= 0.6 is 11.6 Å². The summed E-state index contributed by atoms with van der Waals surface area (Å²) < 4.78 is 1.70. The SMILES string of the molecule is CC(C)c1nn(C)c(Cl)c1CNCC(C)(O)C(C)C. The fraction of sp³-hybridized carbons (Fsp3) is 0.786. The Morgan fingerprint density at radius 2 is 1.95 bits per heavy atom. The minimum Gasteiger partial charge on any atom is -0.389 e. The zero-order valence-electron chi connectivity index (χ0n) is 12.8. The summed E-state index contributed by atoms with van der Waals surface area (Å²) in [5.41, 5.74) is 1.33. The van der Waals surface area contributed by atoms with Crippen LogP contribution in [0.15, 0.2) is 0 Å². The number of rotatable bonds is 6. The molecular weight excluding hydrogens is 262 g/mol. The number of hydrogen-bond donors (Lipinski definition) is 2. The Bertz CT molecular complexity index is 425. The molecular formula is C14H26ClN3O. The maximum atomic E-state index is 10.2. The highest BCUT2D eigenvalue weighted by Crippen LogP contribution is 2.25. The summed E-state index contributed by atoms with van der Waals surface area (Å²) in [7, 11) is 1.85. The highest BCUT2D eigenvalue weighted by Gasteiger charge is 2.25. The van der Waals surface area contributed by atoms with Crippen LogP contribution in [0.3, 0.4) is 0 Å². The molecule has 0 amide bonds. The summed E-state index contributed by atoms with van der Waals surface area (Å²) in [6.45, 7) is 11.2. The quantitative estimate of drug-likeness (QED) is 0.846. The van der Waals surface area contributed by atoms with Gasteiger partial charge in [-0.3, -0.25) is 4.68 Å². The van der Waals surface area contributed by atoms with E-state index in [0.717, 1.165) is 11.3 Å². The van der Waals surface area contributed by atoms with E-state index in [1.54, 1.807) is 4.68 Å². The minimum atomic E-state index is -0.716. The molecule has 0 bridgehead atoms. The summed E-state index contributed by atoms with van der Waals surface area (Å²) in [4.78, 5) is 0. The summed E-state index contributed by atoms with van der Waals surface area (Å²) in [5, 5.41) is 18.6. The summed E-state index contributed by atoms with van der Waals surface area (Å²) in [5.74, 6) is 0.537. The van der Waals surface area contributed by atoms with Crippen molar-refractivity contribution >= 4 is 11.6 Å². The van der Waals surface area contributed by atoms with Gasteiger partial charge in [-0.25, -0.2) is 0 Å². The summed E-state index contributed by atoms with van der Waals surface area (Å²) >= 11 is 6.27. The van der Waals surface area contributed by atoms with Gasteiger partial charge in [-0.1, -0.05) is 39.3 Å². The molecule has 4 nitrogen and oxygen atoms in total. The fourth-order valence-electron chi connectivity index (χ4n) is 1.84. The number of halogens is 1. The van der Waals surface area contributed by atoms with Crippen LogP contribution in [0.5, 0.6) is 0 Å². The van der Waals surface area contributed by atoms with Gasteiger partial charge in [0.1, 0.15) is 5.15 Å². The van der Waals surface area contributed by atoms with Crippen molar-refractivity contribution in [3.8, 4) is 0 Å². The van der Waals surface area contributed by atoms with Crippen LogP contribution < -0.4 is 5.32 Å². The monoisotopic (exact) mass is 287 g/mol. The van der Waals surface area contributed by atoms with Crippen LogP contribution in [0.2, 0.25) is 5.15 Å². The Hall–Kier alpha value is -0.580. The molecule has 1 atom stereocenters. The van der Waals surface area contributed by atoms with E-state index in [2.05, 4.69) is 24.3 Å². The van der Waals surface area contributed by atoms with E-state index in [4.69, 9.17) is 11.6 Å². The largest absolute Gasteiger partial charge is 0.389 e. The smallest absolute Gasteiger partial charge is 0.131 e. The van der Waals surface area contributed by atoms with Crippen LogP contribution in [0.1, 0.15) is 51.8 Å². The third-order valence-corrected chi connectivity index (χ3v) is 4.15. The van der Waals surface area contributed by atoms with Gasteiger partial charge in [-0.15, -0.1) is 0 Å². The normalized spacial score (nSPS) is 15.3. The Morgan fingerprint density at radius 3 is 2.42 bits per heavy atom. The van der Waals surface area contributed by atoms with Gasteiger partial charge in [-0.05, 0) is 18.8 Å². The number of hydrogen-bond acceptors (Lipinski definition) is 3. The van der Waals surface area contributed by atoms with Crippen molar-refractivity contribution in [2.75, 3.05) is 6.54 Å². The summed E-state index contributed by atoms with van der Waals surface area (Å²) in [6.07, 6.45) is 0. The molecule has 1 aromatic rings. The number of nitrogens with zero attached hydrogens (tertiary/aromatic N) is 2. The molecule has 0 saturated carbocycles. The van der Waals surface area contributed by atoms with Crippen molar-refractivity contribution in [2.45, 2.75) is 52.7 Å². The molecule has 0 aliphatic carbocycles. The molecule has 5 heteroatoms. The molecule has 0 aliphatic heterocycles. The van der Waals surface area contributed by atoms with Crippen LogP contribution in [0.25, 0.3) is 0 Å². The molecule has 0 saturated heterocycles. The number of aromatic nitrogens is 2. The van der Waals surface area contributed by atoms with Crippen LogP contribution in [-0.4, -0.2) is 27.0 Å². The molecule has 19 heavy (non-hydrogen) atoms. The Morgan fingerprint density at radius 1 is 1.37 bits per heavy atom. The first-order valence-electron chi connectivity index (χ1n) is 6.81. The van der Waals surface area contributed by atoms with Crippen molar-refractivity contribution in [3.63, 3.8) is 0 Å². The zero-order valence-corrected chi connectivity index (χ0v) is 13.5. The number of aryl methyl sites for hydroxylation is 1. The first-order valence-corrected chi connectivity index (χ1v) is 7.19. The summed E-state index contributed by atoms with van der Waals surface area (Å²) in [6, 6.07) is 0. The average molecular weight is 288 g/mol. The molecule has 0 fully saturated rings. The van der Waals surface area contributed by atoms with E-state index < -0.39 is 5.60 Å². The van der Waals surface area contributed by atoms with E-state index in [1.165, 1.54) is 0 Å². The lowest BCUT2D eigenvalue weighted by Gasteiger charge is -2.28. The van der Waals surface area contributed by atoms with Gasteiger partial charge in [0.05, 0.1) is 11.3 Å². The molecule has 0 aromatic carbocycles. The lowest BCUT2D eigenvalue weighted by molar-refractivity contribution is 0.0140. The lowest BCUT2D eigenvalue weighted by Crippen LogP contribution is -2.42. The van der Waals surface area contributed by atoms with Crippen molar-refractivity contribution in [1.29, 1.82) is 0 Å². The second kappa shape index (κ2) is 6.25. The van der Waals surface area contributed by atoms with Crippen molar-refractivity contribution in [3.05, 3.63) is 16.4 Å². The van der Waals surface area contributed by atoms with Gasteiger partial charge in [-0.2, -0.15) is 5.10 Å². The van der Waals surface area contributed by atoms with E-state index in [-0.39, 0.29) is 5.92 Å². The second-order valence-electron chi connectivity index (χ2n) is 6.05. The standard InChI is InChI=1S/C14H26ClN3O/c1-9(2)12-11(13(15)18(6)17-12)7-16-8-14(5,19)10(3)4/h9-10,16,19H,7-8H2,1-6H3. The third-order valence-electron chi connectivity index (χ3n) is 3.68. The van der Waals surface area contributed by atoms with Gasteiger partial charge >= 0.3 is 0 Å². The molecule has 1 rings (SSSR count). The molecule has 0 aliphatic rings. The Kier molecular flexibility index (Phi) is 5.42. The molecule has 1 aromatic heterocycles. The molecule has 0 spiro atoms. The highest BCUT2D eigenvalue weighted by molar-refractivity contribution is 6.30. The maximum absolute atomic E-state index is 10.2. The van der Waals surface area contributed by atoms with Gasteiger partial charge < -0.3 is 10.4 Å². The van der Waals surface area contributed by atoms with Crippen LogP contribution in [0, 0.1) is 5.92 Å². The van der Waals surface area contributed by atoms with Gasteiger partial charge in [0, 0.05) is 25.7 Å². The number of nitrogens with one attached hydrogen (secondary N) is 1. The Labute approximate surface area is 121 Å². The predicted molar refractivity (Wildman–Crippen MR) is 79.5 cm³/mol. The Balaban J connectivity index is 2.73. The molecule has 1 unspecified atom stereocenters. The van der Waals surface area contributed by atoms with Crippen molar-refractivity contribution in [2.24, 2.45) is 13.0 Å². The first-order chi connectivity index (χ1) is 8.66. The van der Waals surface area contributed by atoms with Crippen LogP contribution in [-0.2, 0) is 13.6 Å². The van der Waals surface area contributed by atoms with Gasteiger partial charge in [0.2, 0.25) is 0 Å². The minimum absolute atomic E-state index is 0.203. The zero-order chi connectivity index (χ0) is 14.8. The second-order valence-corrected chi connectivity index (χ2v) is 6.41. The van der Waals surface area contributed by atoms with Gasteiger partial charge in [0.25, 0.3) is 0 Å². The van der Waals surface area contributed by atoms with Crippen molar-refractivity contribution < 1.29 is 5.11 Å². The third kappa shape index (κ3) is 3.94. The van der Waals surface area contributed by atoms with Crippen LogP contribution in [0.4, 0.5) is 0 Å². The molecule has 0 radical (unpaired) electrons. The number of aliphatic hydroxyl groups is 1. The van der Waals surface area contributed by atoms with Gasteiger partial charge in [0.15, 0.2) is 0 Å². The predicted octanol–water partition coefficient (Wildman–Crippen LogP) is 2.69. The van der Waals surface area contributed by atoms with E-state index >= 15 is 0 Å². The first kappa shape index (κ1) is 16.5. The molecule has 2 N–H and O–H groups in total. The average Bonchev–Trinajstić information content (AvgIpc) is 2.57. The lowest BCUT2D eigenvalue weighted by atomic mass is 9.92.